The summed E-state index contributed by atoms with van der Waals surface area (Å²) in [6.45, 7) is 3.17. The number of nitrogens with two attached hydrogens (primary N) is 2. The summed E-state index contributed by atoms with van der Waals surface area (Å²) in [5.74, 6) is -0.116. The van der Waals surface area contributed by atoms with Gasteiger partial charge in [-0.05, 0) is 91.0 Å². The van der Waals surface area contributed by atoms with E-state index in [-0.39, 0.29) is 9.79 Å². The van der Waals surface area contributed by atoms with Crippen molar-refractivity contribution >= 4 is 15.5 Å². The van der Waals surface area contributed by atoms with E-state index in [2.05, 4.69) is 11.0 Å². The minimum Gasteiger partial charge on any atom is -0.399 e. The van der Waals surface area contributed by atoms with Gasteiger partial charge in [-0.1, -0.05) is 24.3 Å². The smallest absolute Gasteiger partial charge is 0.206 e. The van der Waals surface area contributed by atoms with Gasteiger partial charge in [0, 0.05) is 18.8 Å². The van der Waals surface area contributed by atoms with Crippen LogP contribution in [0.15, 0.2) is 76.5 Å². The molecule has 0 saturated carbocycles. The normalized spacial score (nSPS) is 15.7. The number of hydrogen-bond donors (Lipinski definition) is 2. The van der Waals surface area contributed by atoms with Gasteiger partial charge in [0.25, 0.3) is 0 Å². The second-order valence-electron chi connectivity index (χ2n) is 8.32. The van der Waals surface area contributed by atoms with Crippen LogP contribution >= 0.6 is 0 Å². The molecule has 0 atom stereocenters. The zero-order chi connectivity index (χ0) is 22.7. The highest BCUT2D eigenvalue weighted by atomic mass is 32.2. The zero-order valence-corrected chi connectivity index (χ0v) is 18.7. The molecule has 7 heteroatoms. The van der Waals surface area contributed by atoms with Crippen LogP contribution in [0.25, 0.3) is 0 Å². The Labute approximate surface area is 188 Å². The van der Waals surface area contributed by atoms with E-state index in [9.17, 15) is 12.8 Å². The highest BCUT2D eigenvalue weighted by Crippen LogP contribution is 2.32. The minimum absolute atomic E-state index is 0.0364. The first-order valence-corrected chi connectivity index (χ1v) is 12.3. The van der Waals surface area contributed by atoms with E-state index >= 15 is 0 Å². The molecular formula is C25H28FN3O2S. The van der Waals surface area contributed by atoms with Crippen LogP contribution in [0.1, 0.15) is 35.4 Å². The Hall–Kier alpha value is -2.74. The van der Waals surface area contributed by atoms with Crippen LogP contribution in [0.3, 0.4) is 0 Å². The molecule has 32 heavy (non-hydrogen) atoms. The monoisotopic (exact) mass is 453 g/mol. The predicted octanol–water partition coefficient (Wildman–Crippen LogP) is 4.08. The maximum atomic E-state index is 13.5. The van der Waals surface area contributed by atoms with Crippen molar-refractivity contribution in [2.75, 3.05) is 18.8 Å². The molecule has 3 aromatic carbocycles. The van der Waals surface area contributed by atoms with Crippen molar-refractivity contribution in [3.05, 3.63) is 89.2 Å². The van der Waals surface area contributed by atoms with Gasteiger partial charge < -0.3 is 11.5 Å². The fourth-order valence-electron chi connectivity index (χ4n) is 4.38. The lowest BCUT2D eigenvalue weighted by atomic mass is 9.86. The first kappa shape index (κ1) is 22.5. The lowest BCUT2D eigenvalue weighted by molar-refractivity contribution is 0.204. The van der Waals surface area contributed by atoms with Crippen molar-refractivity contribution in [3.63, 3.8) is 0 Å². The van der Waals surface area contributed by atoms with Crippen molar-refractivity contribution in [1.29, 1.82) is 0 Å². The molecule has 0 radical (unpaired) electrons. The molecule has 3 aromatic rings. The standard InChI is InChI=1S/C25H28FN3O2S/c26-21-2-1-3-24(14-21)32(30,31)23-8-4-18(5-9-23)17-29-12-10-19(11-13-29)25-15-22(28)7-6-20(25)16-27/h1-9,14-15,19H,10-13,16-17,27-28H2. The Morgan fingerprint density at radius 3 is 2.31 bits per heavy atom. The van der Waals surface area contributed by atoms with E-state index in [1.807, 2.05) is 24.3 Å². The molecule has 1 aliphatic heterocycles. The van der Waals surface area contributed by atoms with Crippen LogP contribution in [0.5, 0.6) is 0 Å². The number of nitrogens with zero attached hydrogens (tertiary/aromatic N) is 1. The SMILES string of the molecule is NCc1ccc(N)cc1C1CCN(Cc2ccc(S(=O)(=O)c3cccc(F)c3)cc2)CC1. The second-order valence-corrected chi connectivity index (χ2v) is 10.3. The van der Waals surface area contributed by atoms with Crippen molar-refractivity contribution in [2.24, 2.45) is 5.73 Å². The Balaban J connectivity index is 1.40. The van der Waals surface area contributed by atoms with Crippen LogP contribution in [0.2, 0.25) is 0 Å². The third kappa shape index (κ3) is 4.85. The molecular weight excluding hydrogens is 425 g/mol. The molecule has 1 heterocycles. The Kier molecular flexibility index (Phi) is 6.60. The van der Waals surface area contributed by atoms with Crippen molar-refractivity contribution in [1.82, 2.24) is 4.90 Å². The molecule has 0 amide bonds. The predicted molar refractivity (Wildman–Crippen MR) is 124 cm³/mol. The van der Waals surface area contributed by atoms with Gasteiger partial charge >= 0.3 is 0 Å². The summed E-state index contributed by atoms with van der Waals surface area (Å²) in [6, 6.07) is 17.9. The molecule has 0 aliphatic carbocycles. The van der Waals surface area contributed by atoms with E-state index < -0.39 is 15.7 Å². The first-order chi connectivity index (χ1) is 15.4. The molecule has 4 N–H and O–H groups in total. The van der Waals surface area contributed by atoms with Crippen LogP contribution in [-0.4, -0.2) is 26.4 Å². The molecule has 0 unspecified atom stereocenters. The summed E-state index contributed by atoms with van der Waals surface area (Å²) < 4.78 is 38.9. The molecule has 0 bridgehead atoms. The van der Waals surface area contributed by atoms with Crippen molar-refractivity contribution in [2.45, 2.75) is 41.6 Å². The Morgan fingerprint density at radius 1 is 0.938 bits per heavy atom. The molecule has 4 rings (SSSR count). The van der Waals surface area contributed by atoms with E-state index in [0.29, 0.717) is 12.5 Å². The van der Waals surface area contributed by atoms with Gasteiger partial charge in [-0.2, -0.15) is 0 Å². The number of halogens is 1. The molecule has 1 aliphatic rings. The van der Waals surface area contributed by atoms with Gasteiger partial charge in [0.15, 0.2) is 0 Å². The number of benzene rings is 3. The lowest BCUT2D eigenvalue weighted by Crippen LogP contribution is -2.32. The highest BCUT2D eigenvalue weighted by Gasteiger charge is 2.23. The second kappa shape index (κ2) is 9.40. The Bertz CT molecular complexity index is 1190. The quantitative estimate of drug-likeness (QED) is 0.549. The number of piperidine rings is 1. The molecule has 0 aromatic heterocycles. The van der Waals surface area contributed by atoms with Crippen LogP contribution < -0.4 is 11.5 Å². The summed E-state index contributed by atoms with van der Waals surface area (Å²) in [7, 11) is -3.73. The zero-order valence-electron chi connectivity index (χ0n) is 17.9. The minimum atomic E-state index is -3.73. The number of nitrogen functional groups attached to an aromatic ring is 1. The third-order valence-corrected chi connectivity index (χ3v) is 7.93. The van der Waals surface area contributed by atoms with Gasteiger partial charge in [-0.3, -0.25) is 4.90 Å². The number of sulfone groups is 1. The summed E-state index contributed by atoms with van der Waals surface area (Å²) in [5, 5.41) is 0. The maximum Gasteiger partial charge on any atom is 0.206 e. The maximum absolute atomic E-state index is 13.5. The molecule has 5 nitrogen and oxygen atoms in total. The van der Waals surface area contributed by atoms with Gasteiger partial charge in [-0.25, -0.2) is 12.8 Å². The van der Waals surface area contributed by atoms with Gasteiger partial charge in [0.2, 0.25) is 9.84 Å². The van der Waals surface area contributed by atoms with E-state index in [0.717, 1.165) is 55.4 Å². The van der Waals surface area contributed by atoms with Crippen LogP contribution in [-0.2, 0) is 22.9 Å². The summed E-state index contributed by atoms with van der Waals surface area (Å²) in [5.41, 5.74) is 16.1. The number of anilines is 1. The molecule has 168 valence electrons. The lowest BCUT2D eigenvalue weighted by Gasteiger charge is -2.33. The number of hydrogen-bond acceptors (Lipinski definition) is 5. The topological polar surface area (TPSA) is 89.4 Å². The highest BCUT2D eigenvalue weighted by molar-refractivity contribution is 7.91. The average Bonchev–Trinajstić information content (AvgIpc) is 2.80. The van der Waals surface area contributed by atoms with Gasteiger partial charge in [-0.15, -0.1) is 0 Å². The van der Waals surface area contributed by atoms with E-state index in [1.165, 1.54) is 23.8 Å². The molecule has 0 spiro atoms. The average molecular weight is 454 g/mol. The first-order valence-electron chi connectivity index (χ1n) is 10.8. The summed E-state index contributed by atoms with van der Waals surface area (Å²) >= 11 is 0. The Morgan fingerprint density at radius 2 is 1.66 bits per heavy atom. The van der Waals surface area contributed by atoms with Crippen molar-refractivity contribution in [3.8, 4) is 0 Å². The third-order valence-electron chi connectivity index (χ3n) is 6.16. The van der Waals surface area contributed by atoms with Crippen LogP contribution in [0.4, 0.5) is 10.1 Å². The van der Waals surface area contributed by atoms with Crippen molar-refractivity contribution < 1.29 is 12.8 Å². The number of likely N-dealkylation sites (tertiary alicyclic amines) is 1. The van der Waals surface area contributed by atoms with E-state index in [4.69, 9.17) is 11.5 Å². The molecule has 1 fully saturated rings. The van der Waals surface area contributed by atoms with Gasteiger partial charge in [0.1, 0.15) is 5.82 Å². The fraction of sp³-hybridized carbons (Fsp3) is 0.280. The summed E-state index contributed by atoms with van der Waals surface area (Å²) in [6.07, 6.45) is 2.06. The van der Waals surface area contributed by atoms with E-state index in [1.54, 1.807) is 12.1 Å². The van der Waals surface area contributed by atoms with Crippen LogP contribution in [0, 0.1) is 5.82 Å². The van der Waals surface area contributed by atoms with Gasteiger partial charge in [0.05, 0.1) is 9.79 Å². The number of rotatable bonds is 6. The summed E-state index contributed by atoms with van der Waals surface area (Å²) in [4.78, 5) is 2.51. The molecule has 1 saturated heterocycles. The largest absolute Gasteiger partial charge is 0.399 e. The fourth-order valence-corrected chi connectivity index (χ4v) is 5.68.